The molecule has 2 amide bonds. The second kappa shape index (κ2) is 11.6. The summed E-state index contributed by atoms with van der Waals surface area (Å²) in [4.78, 5) is 31.2. The molecule has 3 rings (SSSR count). The number of carbonyl (C=O) groups is 2. The Kier molecular flexibility index (Phi) is 8.60. The molecule has 0 N–H and O–H groups in total. The summed E-state index contributed by atoms with van der Waals surface area (Å²) in [6, 6.07) is 16.9. The molecule has 0 fully saturated rings. The fourth-order valence-corrected chi connectivity index (χ4v) is 4.17. The first-order chi connectivity index (χ1) is 15.9. The molecule has 0 aliphatic heterocycles. The van der Waals surface area contributed by atoms with Gasteiger partial charge in [0.25, 0.3) is 5.91 Å². The predicted molar refractivity (Wildman–Crippen MR) is 129 cm³/mol. The van der Waals surface area contributed by atoms with Crippen molar-refractivity contribution in [1.29, 1.82) is 0 Å². The van der Waals surface area contributed by atoms with E-state index in [1.165, 1.54) is 12.1 Å². The van der Waals surface area contributed by atoms with E-state index in [1.54, 1.807) is 64.6 Å². The first-order valence-corrected chi connectivity index (χ1v) is 11.8. The van der Waals surface area contributed by atoms with Gasteiger partial charge in [-0.1, -0.05) is 31.2 Å². The van der Waals surface area contributed by atoms with Gasteiger partial charge < -0.3 is 14.5 Å². The molecule has 3 aromatic rings. The van der Waals surface area contributed by atoms with E-state index in [-0.39, 0.29) is 30.2 Å². The van der Waals surface area contributed by atoms with Gasteiger partial charge in [0.2, 0.25) is 5.91 Å². The lowest BCUT2D eigenvalue weighted by Crippen LogP contribution is -2.46. The summed E-state index contributed by atoms with van der Waals surface area (Å²) >= 11 is 1.57. The maximum Gasteiger partial charge on any atom is 0.254 e. The second-order valence-corrected chi connectivity index (χ2v) is 8.91. The molecule has 0 spiro atoms. The molecule has 7 heteroatoms. The Labute approximate surface area is 198 Å². The van der Waals surface area contributed by atoms with Crippen molar-refractivity contribution in [3.8, 4) is 5.75 Å². The first kappa shape index (κ1) is 24.5. The lowest BCUT2D eigenvalue weighted by Gasteiger charge is -2.31. The van der Waals surface area contributed by atoms with E-state index in [2.05, 4.69) is 0 Å². The molecule has 0 saturated carbocycles. The summed E-state index contributed by atoms with van der Waals surface area (Å²) in [5.41, 5.74) is 1.31. The number of methoxy groups -OCH3 is 1. The lowest BCUT2D eigenvalue weighted by atomic mass is 10.1. The van der Waals surface area contributed by atoms with Gasteiger partial charge in [0.1, 0.15) is 18.1 Å². The Morgan fingerprint density at radius 2 is 1.82 bits per heavy atom. The van der Waals surface area contributed by atoms with Crippen LogP contribution in [0.2, 0.25) is 0 Å². The molecule has 0 aliphatic rings. The largest absolute Gasteiger partial charge is 0.497 e. The number of nitrogens with zero attached hydrogens (tertiary/aromatic N) is 2. The van der Waals surface area contributed by atoms with Gasteiger partial charge in [-0.3, -0.25) is 9.59 Å². The lowest BCUT2D eigenvalue weighted by molar-refractivity contribution is -0.133. The van der Waals surface area contributed by atoms with Crippen molar-refractivity contribution in [1.82, 2.24) is 9.80 Å². The van der Waals surface area contributed by atoms with Crippen molar-refractivity contribution in [2.45, 2.75) is 39.4 Å². The quantitative estimate of drug-likeness (QED) is 0.402. The normalized spacial score (nSPS) is 11.6. The third-order valence-corrected chi connectivity index (χ3v) is 6.43. The van der Waals surface area contributed by atoms with Gasteiger partial charge in [0, 0.05) is 23.0 Å². The maximum absolute atomic E-state index is 13.5. The smallest absolute Gasteiger partial charge is 0.254 e. The first-order valence-electron chi connectivity index (χ1n) is 10.9. The Hall–Kier alpha value is -3.19. The Morgan fingerprint density at radius 3 is 2.45 bits per heavy atom. The Morgan fingerprint density at radius 1 is 1.06 bits per heavy atom. The number of rotatable bonds is 10. The van der Waals surface area contributed by atoms with Crippen LogP contribution in [0.5, 0.6) is 5.75 Å². The summed E-state index contributed by atoms with van der Waals surface area (Å²) in [5.74, 6) is -0.104. The van der Waals surface area contributed by atoms with E-state index < -0.39 is 0 Å². The summed E-state index contributed by atoms with van der Waals surface area (Å²) in [6.45, 7) is 4.64. The maximum atomic E-state index is 13.5. The van der Waals surface area contributed by atoms with Crippen LogP contribution >= 0.6 is 11.3 Å². The summed E-state index contributed by atoms with van der Waals surface area (Å²) in [5, 5.41) is 1.97. The minimum absolute atomic E-state index is 0.0440. The Balaban J connectivity index is 1.83. The van der Waals surface area contributed by atoms with E-state index in [4.69, 9.17) is 4.74 Å². The van der Waals surface area contributed by atoms with Crippen molar-refractivity contribution in [3.63, 3.8) is 0 Å². The molecule has 1 aromatic heterocycles. The number of benzene rings is 2. The number of hydrogen-bond donors (Lipinski definition) is 0. The molecule has 33 heavy (non-hydrogen) atoms. The third kappa shape index (κ3) is 6.65. The SMILES string of the molecule is CCC(C)N(CC(=O)N(Cc1ccc(F)cc1)Cc1cccs1)C(=O)c1cccc(OC)c1. The Bertz CT molecular complexity index is 1050. The van der Waals surface area contributed by atoms with Crippen molar-refractivity contribution in [3.05, 3.63) is 87.9 Å². The van der Waals surface area contributed by atoms with Gasteiger partial charge in [-0.05, 0) is 60.7 Å². The topological polar surface area (TPSA) is 49.9 Å². The molecule has 0 aliphatic carbocycles. The second-order valence-electron chi connectivity index (χ2n) is 7.88. The standard InChI is InChI=1S/C26H29FN2O3S/c1-4-19(2)29(26(31)21-7-5-8-23(15-21)32-3)18-25(30)28(17-24-9-6-14-33-24)16-20-10-12-22(27)13-11-20/h5-15,19H,4,16-18H2,1-3H3. The van der Waals surface area contributed by atoms with Crippen molar-refractivity contribution in [2.75, 3.05) is 13.7 Å². The average molecular weight is 469 g/mol. The van der Waals surface area contributed by atoms with Crippen LogP contribution in [-0.4, -0.2) is 41.3 Å². The minimum Gasteiger partial charge on any atom is -0.497 e. The highest BCUT2D eigenvalue weighted by Crippen LogP contribution is 2.19. The van der Waals surface area contributed by atoms with Crippen LogP contribution in [-0.2, 0) is 17.9 Å². The number of thiophene rings is 1. The van der Waals surface area contributed by atoms with Crippen LogP contribution in [0.3, 0.4) is 0 Å². The molecule has 1 atom stereocenters. The number of halogens is 1. The van der Waals surface area contributed by atoms with Gasteiger partial charge >= 0.3 is 0 Å². The number of ether oxygens (including phenoxy) is 1. The minimum atomic E-state index is -0.318. The number of hydrogen-bond acceptors (Lipinski definition) is 4. The molecule has 5 nitrogen and oxygen atoms in total. The fourth-order valence-electron chi connectivity index (χ4n) is 3.45. The van der Waals surface area contributed by atoms with Gasteiger partial charge in [-0.25, -0.2) is 4.39 Å². The zero-order chi connectivity index (χ0) is 23.8. The van der Waals surface area contributed by atoms with E-state index in [9.17, 15) is 14.0 Å². The molecule has 2 aromatic carbocycles. The number of amides is 2. The van der Waals surface area contributed by atoms with Gasteiger partial charge in [0.15, 0.2) is 0 Å². The van der Waals surface area contributed by atoms with Crippen molar-refractivity contribution in [2.24, 2.45) is 0 Å². The van der Waals surface area contributed by atoms with Crippen LogP contribution in [0.1, 0.15) is 41.1 Å². The van der Waals surface area contributed by atoms with E-state index in [0.717, 1.165) is 10.4 Å². The monoisotopic (exact) mass is 468 g/mol. The molecule has 0 radical (unpaired) electrons. The summed E-state index contributed by atoms with van der Waals surface area (Å²) in [7, 11) is 1.55. The summed E-state index contributed by atoms with van der Waals surface area (Å²) < 4.78 is 18.6. The molecule has 0 bridgehead atoms. The zero-order valence-electron chi connectivity index (χ0n) is 19.2. The summed E-state index contributed by atoms with van der Waals surface area (Å²) in [6.07, 6.45) is 0.714. The zero-order valence-corrected chi connectivity index (χ0v) is 20.0. The van der Waals surface area contributed by atoms with Crippen LogP contribution in [0.25, 0.3) is 0 Å². The number of carbonyl (C=O) groups excluding carboxylic acids is 2. The van der Waals surface area contributed by atoms with Gasteiger partial charge in [0.05, 0.1) is 13.7 Å². The molecule has 0 saturated heterocycles. The van der Waals surface area contributed by atoms with Crippen molar-refractivity contribution >= 4 is 23.2 Å². The van der Waals surface area contributed by atoms with Crippen LogP contribution < -0.4 is 4.74 Å². The highest BCUT2D eigenvalue weighted by atomic mass is 32.1. The van der Waals surface area contributed by atoms with Crippen LogP contribution in [0.4, 0.5) is 4.39 Å². The van der Waals surface area contributed by atoms with Crippen molar-refractivity contribution < 1.29 is 18.7 Å². The molecular formula is C26H29FN2O3S. The molecule has 1 heterocycles. The highest BCUT2D eigenvalue weighted by Gasteiger charge is 2.26. The van der Waals surface area contributed by atoms with E-state index in [1.807, 2.05) is 31.4 Å². The molecule has 174 valence electrons. The van der Waals surface area contributed by atoms with Gasteiger partial charge in [-0.2, -0.15) is 0 Å². The third-order valence-electron chi connectivity index (χ3n) is 5.57. The van der Waals surface area contributed by atoms with E-state index in [0.29, 0.717) is 30.8 Å². The molecule has 1 unspecified atom stereocenters. The average Bonchev–Trinajstić information content (AvgIpc) is 3.35. The fraction of sp³-hybridized carbons (Fsp3) is 0.308. The van der Waals surface area contributed by atoms with E-state index >= 15 is 0 Å². The predicted octanol–water partition coefficient (Wildman–Crippen LogP) is 5.37. The highest BCUT2D eigenvalue weighted by molar-refractivity contribution is 7.09. The van der Waals surface area contributed by atoms with Crippen LogP contribution in [0, 0.1) is 5.82 Å². The van der Waals surface area contributed by atoms with Crippen LogP contribution in [0.15, 0.2) is 66.0 Å². The van der Waals surface area contributed by atoms with Gasteiger partial charge in [-0.15, -0.1) is 11.3 Å². The molecular weight excluding hydrogens is 439 g/mol.